The van der Waals surface area contributed by atoms with E-state index in [-0.39, 0.29) is 5.56 Å². The molecule has 1 aliphatic heterocycles. The SMILES string of the molecule is CCC1(Cc2nccc(=O)[nH]2)OCCO1. The second-order valence-electron chi connectivity index (χ2n) is 3.52. The molecule has 0 aliphatic carbocycles. The molecular formula is C10H14N2O3. The van der Waals surface area contributed by atoms with Crippen molar-refractivity contribution < 1.29 is 9.47 Å². The predicted molar refractivity (Wildman–Crippen MR) is 53.5 cm³/mol. The molecule has 1 aromatic rings. The summed E-state index contributed by atoms with van der Waals surface area (Å²) in [7, 11) is 0. The molecule has 2 rings (SSSR count). The van der Waals surface area contributed by atoms with Gasteiger partial charge in [-0.15, -0.1) is 0 Å². The lowest BCUT2D eigenvalue weighted by Gasteiger charge is -2.24. The van der Waals surface area contributed by atoms with Crippen LogP contribution in [-0.4, -0.2) is 29.0 Å². The predicted octanol–water partition coefficient (Wildman–Crippen LogP) is 0.465. The highest BCUT2D eigenvalue weighted by Crippen LogP contribution is 2.25. The van der Waals surface area contributed by atoms with E-state index in [0.29, 0.717) is 25.5 Å². The van der Waals surface area contributed by atoms with E-state index in [1.807, 2.05) is 6.92 Å². The number of hydrogen-bond donors (Lipinski definition) is 1. The van der Waals surface area contributed by atoms with Crippen molar-refractivity contribution >= 4 is 0 Å². The molecule has 0 amide bonds. The maximum Gasteiger partial charge on any atom is 0.250 e. The van der Waals surface area contributed by atoms with Gasteiger partial charge in [0.25, 0.3) is 5.56 Å². The van der Waals surface area contributed by atoms with Crippen LogP contribution < -0.4 is 5.56 Å². The molecule has 82 valence electrons. The summed E-state index contributed by atoms with van der Waals surface area (Å²) >= 11 is 0. The highest BCUT2D eigenvalue weighted by Gasteiger charge is 2.35. The third-order valence-electron chi connectivity index (χ3n) is 2.51. The van der Waals surface area contributed by atoms with Gasteiger partial charge in [0.05, 0.1) is 19.6 Å². The first-order chi connectivity index (χ1) is 7.24. The second-order valence-corrected chi connectivity index (χ2v) is 3.52. The number of aromatic nitrogens is 2. The van der Waals surface area contributed by atoms with Gasteiger partial charge in [-0.05, 0) is 6.42 Å². The Hall–Kier alpha value is -1.20. The Morgan fingerprint density at radius 3 is 2.87 bits per heavy atom. The minimum Gasteiger partial charge on any atom is -0.347 e. The van der Waals surface area contributed by atoms with Crippen LogP contribution in [-0.2, 0) is 15.9 Å². The molecule has 0 bridgehead atoms. The summed E-state index contributed by atoms with van der Waals surface area (Å²) in [4.78, 5) is 17.8. The van der Waals surface area contributed by atoms with Crippen LogP contribution in [0.1, 0.15) is 19.2 Å². The van der Waals surface area contributed by atoms with Crippen molar-refractivity contribution in [3.63, 3.8) is 0 Å². The molecule has 1 aromatic heterocycles. The molecule has 1 aliphatic rings. The minimum atomic E-state index is -0.600. The molecule has 1 N–H and O–H groups in total. The first-order valence-electron chi connectivity index (χ1n) is 5.06. The van der Waals surface area contributed by atoms with E-state index in [2.05, 4.69) is 9.97 Å². The van der Waals surface area contributed by atoms with E-state index in [4.69, 9.17) is 9.47 Å². The Labute approximate surface area is 87.4 Å². The largest absolute Gasteiger partial charge is 0.347 e. The van der Waals surface area contributed by atoms with Crippen LogP contribution in [0, 0.1) is 0 Å². The van der Waals surface area contributed by atoms with Gasteiger partial charge < -0.3 is 14.5 Å². The molecule has 1 fully saturated rings. The molecule has 1 saturated heterocycles. The molecule has 0 aromatic carbocycles. The number of nitrogens with zero attached hydrogens (tertiary/aromatic N) is 1. The molecule has 0 spiro atoms. The summed E-state index contributed by atoms with van der Waals surface area (Å²) in [5.74, 6) is 0.00310. The summed E-state index contributed by atoms with van der Waals surface area (Å²) in [6.07, 6.45) is 2.72. The summed E-state index contributed by atoms with van der Waals surface area (Å²) < 4.78 is 11.1. The number of hydrogen-bond acceptors (Lipinski definition) is 4. The maximum atomic E-state index is 11.1. The number of H-pyrrole nitrogens is 1. The second kappa shape index (κ2) is 4.12. The van der Waals surface area contributed by atoms with Gasteiger partial charge in [-0.2, -0.15) is 0 Å². The average Bonchev–Trinajstić information content (AvgIpc) is 2.67. The molecular weight excluding hydrogens is 196 g/mol. The molecule has 0 saturated carbocycles. The lowest BCUT2D eigenvalue weighted by Crippen LogP contribution is -2.33. The van der Waals surface area contributed by atoms with Gasteiger partial charge in [0.1, 0.15) is 5.82 Å². The Kier molecular flexibility index (Phi) is 2.83. The number of ether oxygens (including phenoxy) is 2. The van der Waals surface area contributed by atoms with E-state index in [0.717, 1.165) is 6.42 Å². The van der Waals surface area contributed by atoms with Crippen molar-refractivity contribution in [1.29, 1.82) is 0 Å². The van der Waals surface area contributed by atoms with Crippen molar-refractivity contribution in [2.45, 2.75) is 25.6 Å². The molecule has 5 heteroatoms. The van der Waals surface area contributed by atoms with Crippen LogP contribution in [0.25, 0.3) is 0 Å². The highest BCUT2D eigenvalue weighted by atomic mass is 16.7. The molecule has 0 unspecified atom stereocenters. The van der Waals surface area contributed by atoms with E-state index in [1.165, 1.54) is 12.3 Å². The van der Waals surface area contributed by atoms with Crippen LogP contribution in [0.4, 0.5) is 0 Å². The molecule has 15 heavy (non-hydrogen) atoms. The van der Waals surface area contributed by atoms with Gasteiger partial charge >= 0.3 is 0 Å². The van der Waals surface area contributed by atoms with Crippen LogP contribution in [0.5, 0.6) is 0 Å². The zero-order valence-electron chi connectivity index (χ0n) is 8.66. The Morgan fingerprint density at radius 2 is 2.27 bits per heavy atom. The summed E-state index contributed by atoms with van der Waals surface area (Å²) in [5.41, 5.74) is -0.149. The first kappa shape index (κ1) is 10.3. The third kappa shape index (κ3) is 2.24. The standard InChI is InChI=1S/C10H14N2O3/c1-2-10(14-5-6-15-10)7-8-11-4-3-9(13)12-8/h3-4H,2,5-7H2,1H3,(H,11,12,13). The van der Waals surface area contributed by atoms with E-state index < -0.39 is 5.79 Å². The Balaban J connectivity index is 2.16. The zero-order chi connectivity index (χ0) is 10.7. The molecule has 5 nitrogen and oxygen atoms in total. The minimum absolute atomic E-state index is 0.149. The monoisotopic (exact) mass is 210 g/mol. The van der Waals surface area contributed by atoms with Crippen LogP contribution >= 0.6 is 0 Å². The van der Waals surface area contributed by atoms with Gasteiger partial charge in [0.2, 0.25) is 0 Å². The Bertz CT molecular complexity index is 382. The zero-order valence-corrected chi connectivity index (χ0v) is 8.66. The molecule has 0 radical (unpaired) electrons. The fraction of sp³-hybridized carbons (Fsp3) is 0.600. The number of nitrogens with one attached hydrogen (secondary N) is 1. The van der Waals surface area contributed by atoms with Gasteiger partial charge in [-0.1, -0.05) is 6.92 Å². The van der Waals surface area contributed by atoms with Gasteiger partial charge in [-0.25, -0.2) is 4.98 Å². The smallest absolute Gasteiger partial charge is 0.250 e. The summed E-state index contributed by atoms with van der Waals surface area (Å²) in [5, 5.41) is 0. The van der Waals surface area contributed by atoms with Gasteiger partial charge in [0, 0.05) is 12.3 Å². The molecule has 0 atom stereocenters. The van der Waals surface area contributed by atoms with Crippen molar-refractivity contribution in [3.8, 4) is 0 Å². The maximum absolute atomic E-state index is 11.1. The summed E-state index contributed by atoms with van der Waals surface area (Å²) in [6, 6.07) is 1.39. The third-order valence-corrected chi connectivity index (χ3v) is 2.51. The lowest BCUT2D eigenvalue weighted by molar-refractivity contribution is -0.158. The van der Waals surface area contributed by atoms with E-state index in [1.54, 1.807) is 0 Å². The lowest BCUT2D eigenvalue weighted by atomic mass is 10.1. The fourth-order valence-electron chi connectivity index (χ4n) is 1.68. The summed E-state index contributed by atoms with van der Waals surface area (Å²) in [6.45, 7) is 3.20. The number of rotatable bonds is 3. The van der Waals surface area contributed by atoms with Crippen molar-refractivity contribution in [2.24, 2.45) is 0 Å². The van der Waals surface area contributed by atoms with Crippen LogP contribution in [0.15, 0.2) is 17.1 Å². The Morgan fingerprint density at radius 1 is 1.53 bits per heavy atom. The first-order valence-corrected chi connectivity index (χ1v) is 5.06. The van der Waals surface area contributed by atoms with Crippen LogP contribution in [0.3, 0.4) is 0 Å². The van der Waals surface area contributed by atoms with Crippen LogP contribution in [0.2, 0.25) is 0 Å². The van der Waals surface area contributed by atoms with Crippen molar-refractivity contribution in [2.75, 3.05) is 13.2 Å². The number of aromatic amines is 1. The normalized spacial score (nSPS) is 19.3. The molecule has 2 heterocycles. The van der Waals surface area contributed by atoms with Gasteiger partial charge in [0.15, 0.2) is 5.79 Å². The topological polar surface area (TPSA) is 64.2 Å². The highest BCUT2D eigenvalue weighted by molar-refractivity contribution is 4.94. The fourth-order valence-corrected chi connectivity index (χ4v) is 1.68. The van der Waals surface area contributed by atoms with E-state index >= 15 is 0 Å². The quantitative estimate of drug-likeness (QED) is 0.787. The average molecular weight is 210 g/mol. The van der Waals surface area contributed by atoms with Crippen molar-refractivity contribution in [3.05, 3.63) is 28.4 Å². The van der Waals surface area contributed by atoms with Gasteiger partial charge in [-0.3, -0.25) is 4.79 Å². The van der Waals surface area contributed by atoms with E-state index in [9.17, 15) is 4.79 Å². The van der Waals surface area contributed by atoms with Crippen molar-refractivity contribution in [1.82, 2.24) is 9.97 Å².